The molecule has 326 valence electrons. The molecule has 15 rings (SSSR count). The van der Waals surface area contributed by atoms with Gasteiger partial charge in [-0.3, -0.25) is 0 Å². The highest BCUT2D eigenvalue weighted by Gasteiger charge is 2.24. The van der Waals surface area contributed by atoms with Crippen LogP contribution in [-0.2, 0) is 0 Å². The first-order chi connectivity index (χ1) is 34.7. The zero-order valence-electron chi connectivity index (χ0n) is 38.0. The molecule has 0 amide bonds. The van der Waals surface area contributed by atoms with E-state index in [4.69, 9.17) is 0 Å². The van der Waals surface area contributed by atoms with E-state index in [0.717, 1.165) is 34.1 Å². The van der Waals surface area contributed by atoms with E-state index in [1.165, 1.54) is 98.4 Å². The number of para-hydroxylation sites is 4. The Balaban J connectivity index is 0.925. The van der Waals surface area contributed by atoms with Crippen molar-refractivity contribution in [3.63, 3.8) is 0 Å². The summed E-state index contributed by atoms with van der Waals surface area (Å²) in [4.78, 5) is 4.76. The highest BCUT2D eigenvalue weighted by Crippen LogP contribution is 2.47. The van der Waals surface area contributed by atoms with Gasteiger partial charge in [-0.15, -0.1) is 0 Å². The van der Waals surface area contributed by atoms with Crippen molar-refractivity contribution in [2.24, 2.45) is 0 Å². The number of nitrogens with zero attached hydrogens (tertiary/aromatic N) is 4. The fourth-order valence-electron chi connectivity index (χ4n) is 11.6. The second-order valence-corrected chi connectivity index (χ2v) is 18.5. The van der Waals surface area contributed by atoms with Crippen molar-refractivity contribution in [3.05, 3.63) is 255 Å². The van der Waals surface area contributed by atoms with E-state index in [1.807, 2.05) is 0 Å². The maximum atomic E-state index is 2.53. The molecule has 0 aliphatic rings. The van der Waals surface area contributed by atoms with Crippen LogP contribution in [0.1, 0.15) is 0 Å². The molecule has 11 aromatic carbocycles. The Kier molecular flexibility index (Phi) is 8.33. The van der Waals surface area contributed by atoms with Crippen LogP contribution in [0.15, 0.2) is 255 Å². The number of rotatable bonds is 8. The summed E-state index contributed by atoms with van der Waals surface area (Å²) in [7, 11) is 0. The number of hydrogen-bond acceptors (Lipinski definition) is 2. The van der Waals surface area contributed by atoms with Crippen molar-refractivity contribution in [1.82, 2.24) is 8.80 Å². The Hall–Kier alpha value is -9.38. The lowest BCUT2D eigenvalue weighted by Gasteiger charge is -2.26. The molecule has 0 bridgehead atoms. The van der Waals surface area contributed by atoms with Crippen LogP contribution >= 0.6 is 0 Å². The van der Waals surface area contributed by atoms with Gasteiger partial charge in [-0.05, 0) is 107 Å². The maximum absolute atomic E-state index is 2.53. The third kappa shape index (κ3) is 5.71. The molecule has 4 heterocycles. The van der Waals surface area contributed by atoms with Crippen molar-refractivity contribution in [1.29, 1.82) is 0 Å². The summed E-state index contributed by atoms with van der Waals surface area (Å²) < 4.78 is 5.07. The van der Waals surface area contributed by atoms with Crippen LogP contribution in [0.25, 0.3) is 98.4 Å². The van der Waals surface area contributed by atoms with Crippen LogP contribution in [0.3, 0.4) is 0 Å². The average molecular weight is 891 g/mol. The molecular weight excluding hydrogens is 849 g/mol. The van der Waals surface area contributed by atoms with Gasteiger partial charge < -0.3 is 18.6 Å². The summed E-state index contributed by atoms with van der Waals surface area (Å²) in [6.07, 6.45) is 0. The lowest BCUT2D eigenvalue weighted by molar-refractivity contribution is 1.28. The Bertz CT molecular complexity index is 4140. The molecule has 4 nitrogen and oxygen atoms in total. The molecule has 70 heavy (non-hydrogen) atoms. The van der Waals surface area contributed by atoms with Crippen molar-refractivity contribution < 1.29 is 0 Å². The fourth-order valence-corrected chi connectivity index (χ4v) is 11.6. The molecular formula is C66H42N4. The van der Waals surface area contributed by atoms with Crippen LogP contribution in [-0.4, -0.2) is 8.80 Å². The standard InChI is InChI=1S/C66H42N4/c1-5-15-43(16-6-1)45-27-31-49(32-28-45)67(47-19-9-3-10-20-47)51-35-37-53-55-23-13-25-57-59-42-64-60(41-63(59)69(65(55)57)61(53)39-51)58-26-14-24-56-54-38-36-52(40-62(54)70(64)66(56)58)68(48-21-11-4-12-22-48)50-33-29-46(30-34-50)44-17-7-2-8-18-44/h1-42H. The molecule has 0 saturated heterocycles. The minimum atomic E-state index is 1.11. The van der Waals surface area contributed by atoms with Crippen LogP contribution in [0, 0.1) is 0 Å². The van der Waals surface area contributed by atoms with Crippen molar-refractivity contribution in [2.45, 2.75) is 0 Å². The van der Waals surface area contributed by atoms with Crippen LogP contribution < -0.4 is 9.80 Å². The largest absolute Gasteiger partial charge is 0.310 e. The SMILES string of the molecule is c1ccc(-c2ccc(N(c3ccccc3)c3ccc4c5cccc6c7cc8c(cc7n(c4c3)c56)c3cccc4c5ccc(N(c6ccccc6)c6ccc(-c7ccccc7)cc6)cc5n8c43)cc2)cc1. The molecule has 4 aromatic heterocycles. The maximum Gasteiger partial charge on any atom is 0.0620 e. The average Bonchev–Trinajstić information content (AvgIpc) is 4.16. The third-order valence-corrected chi connectivity index (χ3v) is 14.7. The van der Waals surface area contributed by atoms with Gasteiger partial charge in [0.25, 0.3) is 0 Å². The number of aromatic nitrogens is 2. The van der Waals surface area contributed by atoms with Crippen molar-refractivity contribution in [3.8, 4) is 22.3 Å². The van der Waals surface area contributed by atoms with Crippen molar-refractivity contribution >= 4 is 110 Å². The van der Waals surface area contributed by atoms with Gasteiger partial charge in [-0.1, -0.05) is 170 Å². The Labute approximate surface area is 404 Å². The van der Waals surface area contributed by atoms with E-state index in [-0.39, 0.29) is 0 Å². The lowest BCUT2D eigenvalue weighted by Crippen LogP contribution is -2.09. The van der Waals surface area contributed by atoms with E-state index < -0.39 is 0 Å². The second kappa shape index (κ2) is 15.1. The predicted molar refractivity (Wildman–Crippen MR) is 296 cm³/mol. The Morgan fingerprint density at radius 1 is 0.200 bits per heavy atom. The van der Waals surface area contributed by atoms with Gasteiger partial charge >= 0.3 is 0 Å². The molecule has 0 aliphatic heterocycles. The molecule has 15 aromatic rings. The Morgan fingerprint density at radius 2 is 0.500 bits per heavy atom. The molecule has 0 N–H and O–H groups in total. The predicted octanol–water partition coefficient (Wildman–Crippen LogP) is 18.3. The van der Waals surface area contributed by atoms with Gasteiger partial charge in [-0.2, -0.15) is 0 Å². The van der Waals surface area contributed by atoms with Gasteiger partial charge in [0.1, 0.15) is 0 Å². The minimum absolute atomic E-state index is 1.11. The third-order valence-electron chi connectivity index (χ3n) is 14.7. The number of hydrogen-bond donors (Lipinski definition) is 0. The van der Waals surface area contributed by atoms with Gasteiger partial charge in [0.2, 0.25) is 0 Å². The van der Waals surface area contributed by atoms with Crippen LogP contribution in [0.2, 0.25) is 0 Å². The van der Waals surface area contributed by atoms with E-state index >= 15 is 0 Å². The minimum Gasteiger partial charge on any atom is -0.310 e. The topological polar surface area (TPSA) is 15.3 Å². The molecule has 0 radical (unpaired) electrons. The molecule has 4 heteroatoms. The smallest absolute Gasteiger partial charge is 0.0620 e. The number of benzene rings is 11. The van der Waals surface area contributed by atoms with Crippen LogP contribution in [0.5, 0.6) is 0 Å². The highest BCUT2D eigenvalue weighted by molar-refractivity contribution is 6.29. The van der Waals surface area contributed by atoms with Gasteiger partial charge in [0.15, 0.2) is 0 Å². The van der Waals surface area contributed by atoms with Crippen LogP contribution in [0.4, 0.5) is 34.1 Å². The zero-order chi connectivity index (χ0) is 45.9. The monoisotopic (exact) mass is 890 g/mol. The summed E-state index contributed by atoms with van der Waals surface area (Å²) in [6.45, 7) is 0. The first kappa shape index (κ1) is 38.7. The van der Waals surface area contributed by atoms with E-state index in [9.17, 15) is 0 Å². The van der Waals surface area contributed by atoms with Gasteiger partial charge in [0.05, 0.1) is 33.1 Å². The molecule has 0 fully saturated rings. The molecule has 0 aliphatic carbocycles. The normalized spacial score (nSPS) is 12.0. The first-order valence-electron chi connectivity index (χ1n) is 24.1. The van der Waals surface area contributed by atoms with Crippen molar-refractivity contribution in [2.75, 3.05) is 9.80 Å². The first-order valence-corrected chi connectivity index (χ1v) is 24.1. The zero-order valence-corrected chi connectivity index (χ0v) is 38.0. The molecule has 0 spiro atoms. The summed E-state index contributed by atoms with van der Waals surface area (Å²) in [5.41, 5.74) is 18.9. The fraction of sp³-hybridized carbons (Fsp3) is 0. The van der Waals surface area contributed by atoms with E-state index in [2.05, 4.69) is 273 Å². The summed E-state index contributed by atoms with van der Waals surface area (Å²) in [6, 6.07) is 93.2. The van der Waals surface area contributed by atoms with E-state index in [1.54, 1.807) is 0 Å². The number of anilines is 6. The van der Waals surface area contributed by atoms with E-state index in [0.29, 0.717) is 0 Å². The molecule has 0 unspecified atom stereocenters. The molecule has 0 atom stereocenters. The number of fused-ring (bicyclic) bond motifs is 12. The molecule has 0 saturated carbocycles. The van der Waals surface area contributed by atoms with Gasteiger partial charge in [-0.25, -0.2) is 0 Å². The summed E-state index contributed by atoms with van der Waals surface area (Å²) in [5, 5.41) is 10.1. The second-order valence-electron chi connectivity index (χ2n) is 18.5. The quantitative estimate of drug-likeness (QED) is 0.151. The van der Waals surface area contributed by atoms with Gasteiger partial charge in [0, 0.05) is 77.2 Å². The lowest BCUT2D eigenvalue weighted by atomic mass is 10.0. The Morgan fingerprint density at radius 3 is 0.886 bits per heavy atom. The highest BCUT2D eigenvalue weighted by atomic mass is 15.1. The summed E-state index contributed by atoms with van der Waals surface area (Å²) in [5.74, 6) is 0. The summed E-state index contributed by atoms with van der Waals surface area (Å²) >= 11 is 0.